The summed E-state index contributed by atoms with van der Waals surface area (Å²) in [4.78, 5) is 20.5. The molecule has 2 heterocycles. The van der Waals surface area contributed by atoms with Gasteiger partial charge in [0, 0.05) is 6.20 Å². The van der Waals surface area contributed by atoms with E-state index in [4.69, 9.17) is 0 Å². The van der Waals surface area contributed by atoms with Gasteiger partial charge in [-0.25, -0.2) is 4.98 Å². The molecule has 0 radical (unpaired) electrons. The van der Waals surface area contributed by atoms with Crippen LogP contribution in [0.25, 0.3) is 0 Å². The Labute approximate surface area is 140 Å². The van der Waals surface area contributed by atoms with Crippen molar-refractivity contribution in [2.75, 3.05) is 10.6 Å². The average molecular weight is 318 g/mol. The molecule has 120 valence electrons. The fourth-order valence-corrected chi connectivity index (χ4v) is 2.24. The van der Waals surface area contributed by atoms with Crippen molar-refractivity contribution in [2.24, 2.45) is 0 Å². The summed E-state index contributed by atoms with van der Waals surface area (Å²) >= 11 is 0. The number of carbonyl (C=O) groups is 1. The van der Waals surface area contributed by atoms with Gasteiger partial charge in [-0.05, 0) is 29.8 Å². The van der Waals surface area contributed by atoms with E-state index in [0.717, 1.165) is 16.9 Å². The molecule has 0 saturated heterocycles. The van der Waals surface area contributed by atoms with E-state index >= 15 is 0 Å². The smallest absolute Gasteiger partial charge is 0.229 e. The van der Waals surface area contributed by atoms with Gasteiger partial charge in [0.2, 0.25) is 5.91 Å². The van der Waals surface area contributed by atoms with Gasteiger partial charge in [0.25, 0.3) is 0 Å². The first kappa shape index (κ1) is 15.7. The maximum absolute atomic E-state index is 12.0. The van der Waals surface area contributed by atoms with Crippen molar-refractivity contribution in [2.45, 2.75) is 13.0 Å². The van der Waals surface area contributed by atoms with Crippen LogP contribution in [0, 0.1) is 0 Å². The van der Waals surface area contributed by atoms with Crippen LogP contribution in [0.4, 0.5) is 11.5 Å². The monoisotopic (exact) mass is 318 g/mol. The maximum Gasteiger partial charge on any atom is 0.229 e. The number of benzene rings is 1. The van der Waals surface area contributed by atoms with E-state index in [1.54, 1.807) is 18.5 Å². The number of aromatic nitrogens is 2. The Morgan fingerprint density at radius 2 is 1.75 bits per heavy atom. The molecule has 1 amide bonds. The Kier molecular flexibility index (Phi) is 5.14. The predicted molar refractivity (Wildman–Crippen MR) is 94.6 cm³/mol. The number of anilines is 2. The second-order valence-electron chi connectivity index (χ2n) is 5.32. The largest absolute Gasteiger partial charge is 0.378 e. The van der Waals surface area contributed by atoms with Gasteiger partial charge < -0.3 is 10.6 Å². The van der Waals surface area contributed by atoms with Crippen LogP contribution in [-0.4, -0.2) is 15.9 Å². The van der Waals surface area contributed by atoms with E-state index in [1.165, 1.54) is 0 Å². The minimum atomic E-state index is -0.0807. The Morgan fingerprint density at radius 1 is 0.917 bits per heavy atom. The van der Waals surface area contributed by atoms with Gasteiger partial charge in [-0.3, -0.25) is 9.78 Å². The molecule has 3 rings (SSSR count). The highest BCUT2D eigenvalue weighted by atomic mass is 16.1. The maximum atomic E-state index is 12.0. The molecule has 0 fully saturated rings. The van der Waals surface area contributed by atoms with E-state index in [2.05, 4.69) is 20.6 Å². The van der Waals surface area contributed by atoms with Crippen molar-refractivity contribution < 1.29 is 4.79 Å². The SMILES string of the molecule is O=C(Cc1ccccc1)Nc1ccc(NCc2ccccn2)cn1. The summed E-state index contributed by atoms with van der Waals surface area (Å²) in [6.07, 6.45) is 3.80. The standard InChI is InChI=1S/C19H18N4O/c24-19(12-15-6-2-1-3-7-15)23-18-10-9-17(14-22-18)21-13-16-8-4-5-11-20-16/h1-11,14,21H,12-13H2,(H,22,23,24). The number of carbonyl (C=O) groups excluding carboxylic acids is 1. The van der Waals surface area contributed by atoms with Crippen LogP contribution in [0.2, 0.25) is 0 Å². The highest BCUT2D eigenvalue weighted by Crippen LogP contribution is 2.11. The molecule has 24 heavy (non-hydrogen) atoms. The number of hydrogen-bond acceptors (Lipinski definition) is 4. The first-order valence-electron chi connectivity index (χ1n) is 7.73. The summed E-state index contributed by atoms with van der Waals surface area (Å²) < 4.78 is 0. The normalized spacial score (nSPS) is 10.2. The predicted octanol–water partition coefficient (Wildman–Crippen LogP) is 3.27. The third-order valence-electron chi connectivity index (χ3n) is 3.44. The van der Waals surface area contributed by atoms with Gasteiger partial charge in [-0.15, -0.1) is 0 Å². The van der Waals surface area contributed by atoms with Gasteiger partial charge >= 0.3 is 0 Å². The Hall–Kier alpha value is -3.21. The van der Waals surface area contributed by atoms with Crippen LogP contribution in [0.15, 0.2) is 73.1 Å². The van der Waals surface area contributed by atoms with E-state index in [1.807, 2.05) is 54.6 Å². The van der Waals surface area contributed by atoms with Crippen molar-refractivity contribution >= 4 is 17.4 Å². The van der Waals surface area contributed by atoms with E-state index in [-0.39, 0.29) is 5.91 Å². The van der Waals surface area contributed by atoms with Crippen molar-refractivity contribution in [1.29, 1.82) is 0 Å². The van der Waals surface area contributed by atoms with Gasteiger partial charge in [0.1, 0.15) is 5.82 Å². The topological polar surface area (TPSA) is 66.9 Å². The van der Waals surface area contributed by atoms with Crippen molar-refractivity contribution in [3.63, 3.8) is 0 Å². The second kappa shape index (κ2) is 7.87. The average Bonchev–Trinajstić information content (AvgIpc) is 2.63. The van der Waals surface area contributed by atoms with E-state index in [0.29, 0.717) is 18.8 Å². The van der Waals surface area contributed by atoms with Crippen molar-refractivity contribution in [3.05, 3.63) is 84.3 Å². The van der Waals surface area contributed by atoms with Gasteiger partial charge in [-0.2, -0.15) is 0 Å². The Balaban J connectivity index is 1.51. The lowest BCUT2D eigenvalue weighted by Gasteiger charge is -2.08. The number of nitrogens with one attached hydrogen (secondary N) is 2. The molecule has 2 N–H and O–H groups in total. The summed E-state index contributed by atoms with van der Waals surface area (Å²) in [5.74, 6) is 0.460. The minimum Gasteiger partial charge on any atom is -0.378 e. The summed E-state index contributed by atoms with van der Waals surface area (Å²) in [5.41, 5.74) is 2.81. The molecule has 0 aliphatic heterocycles. The highest BCUT2D eigenvalue weighted by Gasteiger charge is 2.04. The Morgan fingerprint density at radius 3 is 2.46 bits per heavy atom. The highest BCUT2D eigenvalue weighted by molar-refractivity contribution is 5.91. The van der Waals surface area contributed by atoms with Crippen LogP contribution < -0.4 is 10.6 Å². The number of nitrogens with zero attached hydrogens (tertiary/aromatic N) is 2. The lowest BCUT2D eigenvalue weighted by molar-refractivity contribution is -0.115. The first-order valence-corrected chi connectivity index (χ1v) is 7.73. The van der Waals surface area contributed by atoms with Gasteiger partial charge in [0.05, 0.1) is 30.5 Å². The van der Waals surface area contributed by atoms with Crippen LogP contribution >= 0.6 is 0 Å². The van der Waals surface area contributed by atoms with Crippen LogP contribution in [0.1, 0.15) is 11.3 Å². The zero-order valence-electron chi connectivity index (χ0n) is 13.1. The molecular weight excluding hydrogens is 300 g/mol. The van der Waals surface area contributed by atoms with E-state index in [9.17, 15) is 4.79 Å². The Bertz CT molecular complexity index is 773. The molecule has 2 aromatic heterocycles. The number of rotatable bonds is 6. The number of pyridine rings is 2. The van der Waals surface area contributed by atoms with Crippen LogP contribution in [0.3, 0.4) is 0 Å². The van der Waals surface area contributed by atoms with Crippen LogP contribution in [-0.2, 0) is 17.8 Å². The van der Waals surface area contributed by atoms with E-state index < -0.39 is 0 Å². The molecule has 0 aliphatic carbocycles. The molecule has 0 unspecified atom stereocenters. The minimum absolute atomic E-state index is 0.0807. The first-order chi connectivity index (χ1) is 11.8. The van der Waals surface area contributed by atoms with Gasteiger partial charge in [-0.1, -0.05) is 36.4 Å². The van der Waals surface area contributed by atoms with Crippen molar-refractivity contribution in [1.82, 2.24) is 9.97 Å². The molecule has 5 heteroatoms. The molecule has 0 spiro atoms. The fourth-order valence-electron chi connectivity index (χ4n) is 2.24. The van der Waals surface area contributed by atoms with Crippen molar-refractivity contribution in [3.8, 4) is 0 Å². The molecule has 1 aromatic carbocycles. The summed E-state index contributed by atoms with van der Waals surface area (Å²) in [5, 5.41) is 6.04. The third kappa shape index (κ3) is 4.64. The second-order valence-corrected chi connectivity index (χ2v) is 5.32. The summed E-state index contributed by atoms with van der Waals surface area (Å²) in [7, 11) is 0. The molecule has 3 aromatic rings. The molecule has 0 bridgehead atoms. The molecule has 5 nitrogen and oxygen atoms in total. The molecule has 0 aliphatic rings. The quantitative estimate of drug-likeness (QED) is 0.732. The fraction of sp³-hybridized carbons (Fsp3) is 0.105. The molecule has 0 saturated carbocycles. The number of amides is 1. The summed E-state index contributed by atoms with van der Waals surface area (Å²) in [6.45, 7) is 0.627. The number of hydrogen-bond donors (Lipinski definition) is 2. The lowest BCUT2D eigenvalue weighted by atomic mass is 10.1. The zero-order chi connectivity index (χ0) is 16.6. The summed E-state index contributed by atoms with van der Waals surface area (Å²) in [6, 6.07) is 19.1. The van der Waals surface area contributed by atoms with Crippen LogP contribution in [0.5, 0.6) is 0 Å². The zero-order valence-corrected chi connectivity index (χ0v) is 13.1. The van der Waals surface area contributed by atoms with Gasteiger partial charge in [0.15, 0.2) is 0 Å². The third-order valence-corrected chi connectivity index (χ3v) is 3.44. The molecule has 0 atom stereocenters. The molecular formula is C19H18N4O. The lowest BCUT2D eigenvalue weighted by Crippen LogP contribution is -2.15.